The van der Waals surface area contributed by atoms with E-state index >= 15 is 0 Å². The Bertz CT molecular complexity index is 988. The zero-order valence-corrected chi connectivity index (χ0v) is 17.0. The van der Waals surface area contributed by atoms with Gasteiger partial charge in [-0.05, 0) is 43.7 Å². The summed E-state index contributed by atoms with van der Waals surface area (Å²) in [4.78, 5) is 0. The third-order valence-electron chi connectivity index (χ3n) is 5.76. The molecule has 31 heavy (non-hydrogen) atoms. The predicted molar refractivity (Wildman–Crippen MR) is 98.0 cm³/mol. The van der Waals surface area contributed by atoms with Crippen LogP contribution in [-0.4, -0.2) is 23.5 Å². The largest absolute Gasteiger partial charge is 0.456 e. The fourth-order valence-corrected chi connectivity index (χ4v) is 4.46. The third kappa shape index (κ3) is 3.52. The summed E-state index contributed by atoms with van der Waals surface area (Å²) in [5.74, 6) is -1.70. The van der Waals surface area contributed by atoms with Crippen LogP contribution in [0.2, 0.25) is 0 Å². The molecule has 2 aromatic rings. The summed E-state index contributed by atoms with van der Waals surface area (Å²) in [7, 11) is 1.48. The number of hydrogen-bond donors (Lipinski definition) is 2. The van der Waals surface area contributed by atoms with Gasteiger partial charge in [0.15, 0.2) is 6.23 Å². The first-order valence-corrected chi connectivity index (χ1v) is 9.37. The molecule has 1 aliphatic rings. The number of fused-ring (bicyclic) bond motifs is 1. The van der Waals surface area contributed by atoms with Crippen LogP contribution in [-0.2, 0) is 17.8 Å². The van der Waals surface area contributed by atoms with E-state index in [-0.39, 0.29) is 23.1 Å². The highest BCUT2D eigenvalue weighted by Crippen LogP contribution is 2.54. The Morgan fingerprint density at radius 3 is 2.10 bits per heavy atom. The van der Waals surface area contributed by atoms with Crippen LogP contribution in [0.15, 0.2) is 18.2 Å². The molecule has 1 aliphatic heterocycles. The van der Waals surface area contributed by atoms with Gasteiger partial charge in [-0.2, -0.15) is 31.6 Å². The number of H-pyrrole nitrogens is 1. The van der Waals surface area contributed by atoms with E-state index in [0.717, 1.165) is 0 Å². The Hall–Kier alpha value is -2.74. The first-order valence-electron chi connectivity index (χ1n) is 9.37. The van der Waals surface area contributed by atoms with E-state index in [9.17, 15) is 31.6 Å². The van der Waals surface area contributed by atoms with Gasteiger partial charge in [0.25, 0.3) is 0 Å². The minimum absolute atomic E-state index is 0.0306. The summed E-state index contributed by atoms with van der Waals surface area (Å²) in [5, 5.41) is 19.5. The molecule has 0 saturated carbocycles. The number of aryl methyl sites for hydroxylation is 1. The Morgan fingerprint density at radius 1 is 1.13 bits per heavy atom. The molecule has 0 fully saturated rings. The molecule has 0 spiro atoms. The van der Waals surface area contributed by atoms with Gasteiger partial charge in [-0.25, -0.2) is 0 Å². The molecule has 3 unspecified atom stereocenters. The van der Waals surface area contributed by atoms with Gasteiger partial charge in [-0.1, -0.05) is 13.8 Å². The molecule has 0 amide bonds. The molecule has 1 aromatic heterocycles. The molecule has 0 radical (unpaired) electrons. The smallest absolute Gasteiger partial charge is 0.416 e. The van der Waals surface area contributed by atoms with E-state index in [2.05, 4.69) is 21.6 Å². The lowest BCUT2D eigenvalue weighted by atomic mass is 9.58. The van der Waals surface area contributed by atoms with Crippen LogP contribution in [0, 0.1) is 30.1 Å². The van der Waals surface area contributed by atoms with E-state index in [1.165, 1.54) is 7.05 Å². The van der Waals surface area contributed by atoms with Gasteiger partial charge in [0.2, 0.25) is 5.88 Å². The topological polar surface area (TPSA) is 73.7 Å². The summed E-state index contributed by atoms with van der Waals surface area (Å²) in [6.07, 6.45) is -11.0. The number of nitriles is 1. The average molecular weight is 446 g/mol. The number of aromatic nitrogens is 2. The highest BCUT2D eigenvalue weighted by atomic mass is 19.4. The van der Waals surface area contributed by atoms with Crippen LogP contribution in [0.25, 0.3) is 0 Å². The highest BCUT2D eigenvalue weighted by molar-refractivity contribution is 5.53. The lowest BCUT2D eigenvalue weighted by Gasteiger charge is -2.47. The van der Waals surface area contributed by atoms with Gasteiger partial charge in [0.05, 0.1) is 22.6 Å². The lowest BCUT2D eigenvalue weighted by molar-refractivity contribution is -0.143. The number of halogens is 6. The quantitative estimate of drug-likeness (QED) is 0.666. The van der Waals surface area contributed by atoms with Crippen molar-refractivity contribution in [2.24, 2.45) is 11.8 Å². The maximum Gasteiger partial charge on any atom is 0.416 e. The Balaban J connectivity index is 2.48. The molecule has 0 saturated heterocycles. The normalized spacial score (nSPS) is 23.9. The van der Waals surface area contributed by atoms with Gasteiger partial charge >= 0.3 is 12.4 Å². The van der Waals surface area contributed by atoms with Gasteiger partial charge < -0.3 is 4.74 Å². The Kier molecular flexibility index (Phi) is 5.51. The minimum atomic E-state index is -5.02. The Labute approximate surface area is 174 Å². The molecule has 0 bridgehead atoms. The average Bonchev–Trinajstić information content (AvgIpc) is 3.05. The van der Waals surface area contributed by atoms with Crippen molar-refractivity contribution in [3.63, 3.8) is 0 Å². The number of benzene rings is 1. The number of nitrogens with one attached hydrogen (secondary N) is 2. The van der Waals surface area contributed by atoms with Crippen molar-refractivity contribution in [1.29, 1.82) is 5.26 Å². The van der Waals surface area contributed by atoms with Gasteiger partial charge in [-0.15, -0.1) is 5.10 Å². The van der Waals surface area contributed by atoms with Gasteiger partial charge in [0.1, 0.15) is 5.92 Å². The second kappa shape index (κ2) is 7.44. The number of aromatic amines is 1. The lowest BCUT2D eigenvalue weighted by Crippen LogP contribution is -2.55. The number of ether oxygens (including phenoxy) is 1. The van der Waals surface area contributed by atoms with Crippen molar-refractivity contribution in [3.05, 3.63) is 46.1 Å². The second-order valence-electron chi connectivity index (χ2n) is 7.78. The van der Waals surface area contributed by atoms with Crippen LogP contribution in [0.4, 0.5) is 26.3 Å². The number of rotatable bonds is 3. The van der Waals surface area contributed by atoms with Crippen LogP contribution in [0.1, 0.15) is 41.8 Å². The molecule has 2 N–H and O–H groups in total. The molecule has 168 valence electrons. The van der Waals surface area contributed by atoms with Crippen LogP contribution in [0.3, 0.4) is 0 Å². The van der Waals surface area contributed by atoms with Crippen LogP contribution in [0.5, 0.6) is 5.88 Å². The number of alkyl halides is 6. The fraction of sp³-hybridized carbons (Fsp3) is 0.500. The van der Waals surface area contributed by atoms with E-state index in [4.69, 9.17) is 4.74 Å². The molecule has 5 nitrogen and oxygen atoms in total. The zero-order chi connectivity index (χ0) is 23.4. The van der Waals surface area contributed by atoms with Crippen molar-refractivity contribution in [2.45, 2.75) is 44.8 Å². The van der Waals surface area contributed by atoms with Crippen molar-refractivity contribution in [3.8, 4) is 11.9 Å². The van der Waals surface area contributed by atoms with Crippen molar-refractivity contribution >= 4 is 0 Å². The minimum Gasteiger partial charge on any atom is -0.456 e. The Morgan fingerprint density at radius 2 is 1.68 bits per heavy atom. The fourth-order valence-electron chi connectivity index (χ4n) is 4.46. The standard InChI is InChI=1S/C20H20F6N4O/c1-9(2)18(11-5-12(19(21,22)23)7-13(6-11)20(24,25)26)14(8-27)16(28-4)31-17-15(18)10(3)29-30-17/h5-7,9,14,16,28H,1-4H3,(H,29,30). The van der Waals surface area contributed by atoms with E-state index in [1.807, 2.05) is 0 Å². The first kappa shape index (κ1) is 22.9. The monoisotopic (exact) mass is 446 g/mol. The van der Waals surface area contributed by atoms with Crippen LogP contribution >= 0.6 is 0 Å². The van der Waals surface area contributed by atoms with Crippen molar-refractivity contribution < 1.29 is 31.1 Å². The number of nitrogens with zero attached hydrogens (tertiary/aromatic N) is 2. The second-order valence-corrected chi connectivity index (χ2v) is 7.78. The van der Waals surface area contributed by atoms with Gasteiger partial charge in [-0.3, -0.25) is 10.4 Å². The van der Waals surface area contributed by atoms with Crippen LogP contribution < -0.4 is 10.1 Å². The van der Waals surface area contributed by atoms with E-state index in [0.29, 0.717) is 17.8 Å². The molecule has 1 aromatic carbocycles. The summed E-state index contributed by atoms with van der Waals surface area (Å²) in [6, 6.07) is 3.52. The molecule has 3 atom stereocenters. The van der Waals surface area contributed by atoms with Crippen molar-refractivity contribution in [1.82, 2.24) is 15.5 Å². The highest BCUT2D eigenvalue weighted by Gasteiger charge is 2.56. The molecule has 2 heterocycles. The zero-order valence-electron chi connectivity index (χ0n) is 17.0. The third-order valence-corrected chi connectivity index (χ3v) is 5.76. The summed E-state index contributed by atoms with van der Waals surface area (Å²) < 4.78 is 87.2. The summed E-state index contributed by atoms with van der Waals surface area (Å²) >= 11 is 0. The van der Waals surface area contributed by atoms with E-state index < -0.39 is 47.0 Å². The SMILES string of the molecule is CNC1Oc2n[nH]c(C)c2C(c2cc(C(F)(F)F)cc(C(F)(F)F)c2)(C(C)C)C1C#N. The molecular weight excluding hydrogens is 426 g/mol. The van der Waals surface area contributed by atoms with Gasteiger partial charge in [0, 0.05) is 11.3 Å². The molecule has 3 rings (SSSR count). The summed E-state index contributed by atoms with van der Waals surface area (Å²) in [6.45, 7) is 4.87. The maximum atomic E-state index is 13.6. The summed E-state index contributed by atoms with van der Waals surface area (Å²) in [5.41, 5.74) is -4.05. The maximum absolute atomic E-state index is 13.6. The number of hydrogen-bond acceptors (Lipinski definition) is 4. The van der Waals surface area contributed by atoms with E-state index in [1.54, 1.807) is 20.8 Å². The molecule has 11 heteroatoms. The molecular formula is C20H20F6N4O. The predicted octanol–water partition coefficient (Wildman–Crippen LogP) is 4.78. The molecule has 0 aliphatic carbocycles. The first-order chi connectivity index (χ1) is 14.3. The van der Waals surface area contributed by atoms with Crippen molar-refractivity contribution in [2.75, 3.05) is 7.05 Å².